The second-order valence-corrected chi connectivity index (χ2v) is 2.90. The topological polar surface area (TPSA) is 46.9 Å². The minimum Gasteiger partial charge on any atom is -0.351 e. The van der Waals surface area contributed by atoms with E-state index >= 15 is 0 Å². The average molecular weight is 221 g/mol. The van der Waals surface area contributed by atoms with E-state index in [-0.39, 0.29) is 5.69 Å². The fourth-order valence-corrected chi connectivity index (χ4v) is 1.09. The number of nitrogens with zero attached hydrogens (tertiary/aromatic N) is 2. The summed E-state index contributed by atoms with van der Waals surface area (Å²) in [5.74, 6) is -0.608. The molecule has 0 atom stereocenters. The molecule has 0 aliphatic rings. The van der Waals surface area contributed by atoms with Crippen molar-refractivity contribution in [1.82, 2.24) is 15.1 Å². The number of rotatable bonds is 2. The molecule has 0 bridgehead atoms. The van der Waals surface area contributed by atoms with Gasteiger partial charge in [-0.1, -0.05) is 0 Å². The van der Waals surface area contributed by atoms with Crippen molar-refractivity contribution in [1.29, 1.82) is 0 Å². The molecule has 84 valence electrons. The van der Waals surface area contributed by atoms with Gasteiger partial charge in [0.05, 0.1) is 0 Å². The predicted molar refractivity (Wildman–Crippen MR) is 46.2 cm³/mol. The summed E-state index contributed by atoms with van der Waals surface area (Å²) in [5.41, 5.74) is -1.17. The van der Waals surface area contributed by atoms with Crippen molar-refractivity contribution in [2.45, 2.75) is 13.1 Å². The lowest BCUT2D eigenvalue weighted by Crippen LogP contribution is -2.23. The van der Waals surface area contributed by atoms with Gasteiger partial charge in [-0.15, -0.1) is 0 Å². The maximum absolute atomic E-state index is 12.3. The molecule has 4 nitrogen and oxygen atoms in total. The van der Waals surface area contributed by atoms with Crippen molar-refractivity contribution in [3.8, 4) is 0 Å². The molecular weight excluding hydrogens is 211 g/mol. The molecule has 7 heteroatoms. The summed E-state index contributed by atoms with van der Waals surface area (Å²) in [6.07, 6.45) is -4.49. The maximum Gasteiger partial charge on any atom is 0.433 e. The first-order valence-corrected chi connectivity index (χ1v) is 4.25. The van der Waals surface area contributed by atoms with Crippen LogP contribution in [0, 0.1) is 0 Å². The maximum atomic E-state index is 12.3. The van der Waals surface area contributed by atoms with Gasteiger partial charge in [-0.3, -0.25) is 9.48 Å². The van der Waals surface area contributed by atoms with Crippen LogP contribution in [0.1, 0.15) is 23.1 Å². The van der Waals surface area contributed by atoms with Crippen molar-refractivity contribution >= 4 is 5.91 Å². The molecule has 1 aromatic rings. The van der Waals surface area contributed by atoms with Crippen molar-refractivity contribution in [3.63, 3.8) is 0 Å². The molecule has 0 radical (unpaired) electrons. The van der Waals surface area contributed by atoms with E-state index in [0.29, 0.717) is 11.2 Å². The largest absolute Gasteiger partial charge is 0.433 e. The van der Waals surface area contributed by atoms with Crippen LogP contribution in [-0.4, -0.2) is 22.2 Å². The van der Waals surface area contributed by atoms with Crippen molar-refractivity contribution in [3.05, 3.63) is 17.5 Å². The highest BCUT2D eigenvalue weighted by molar-refractivity contribution is 5.92. The number of carbonyl (C=O) groups excluding carboxylic acids is 1. The van der Waals surface area contributed by atoms with Gasteiger partial charge in [-0.05, 0) is 6.92 Å². The number of amides is 1. The van der Waals surface area contributed by atoms with E-state index in [0.717, 1.165) is 13.1 Å². The predicted octanol–water partition coefficient (Wildman–Crippen LogP) is 1.19. The number of alkyl halides is 3. The molecule has 0 aliphatic heterocycles. The Kier molecular flexibility index (Phi) is 3.01. The minimum atomic E-state index is -4.49. The van der Waals surface area contributed by atoms with Gasteiger partial charge in [0.1, 0.15) is 5.69 Å². The van der Waals surface area contributed by atoms with Gasteiger partial charge in [-0.25, -0.2) is 0 Å². The number of hydrogen-bond acceptors (Lipinski definition) is 2. The number of halogens is 3. The lowest BCUT2D eigenvalue weighted by atomic mass is 10.3. The van der Waals surface area contributed by atoms with E-state index in [2.05, 4.69) is 10.4 Å². The highest BCUT2D eigenvalue weighted by atomic mass is 19.4. The Labute approximate surface area is 84.1 Å². The van der Waals surface area contributed by atoms with E-state index in [9.17, 15) is 18.0 Å². The van der Waals surface area contributed by atoms with Gasteiger partial charge in [0.25, 0.3) is 5.91 Å². The zero-order valence-electron chi connectivity index (χ0n) is 8.22. The second kappa shape index (κ2) is 3.92. The van der Waals surface area contributed by atoms with E-state index in [1.165, 1.54) is 0 Å². The molecule has 0 saturated carbocycles. The van der Waals surface area contributed by atoms with Crippen LogP contribution in [0.5, 0.6) is 0 Å². The molecule has 0 saturated heterocycles. The Morgan fingerprint density at radius 1 is 1.60 bits per heavy atom. The van der Waals surface area contributed by atoms with Crippen molar-refractivity contribution in [2.24, 2.45) is 7.05 Å². The third-order valence-corrected chi connectivity index (χ3v) is 1.74. The second-order valence-electron chi connectivity index (χ2n) is 2.90. The normalized spacial score (nSPS) is 11.5. The van der Waals surface area contributed by atoms with Gasteiger partial charge in [-0.2, -0.15) is 18.3 Å². The van der Waals surface area contributed by atoms with Crippen LogP contribution in [0.15, 0.2) is 6.07 Å². The molecule has 0 fully saturated rings. The summed E-state index contributed by atoms with van der Waals surface area (Å²) in [5, 5.41) is 5.85. The van der Waals surface area contributed by atoms with Crippen molar-refractivity contribution in [2.75, 3.05) is 6.54 Å². The van der Waals surface area contributed by atoms with Crippen LogP contribution in [-0.2, 0) is 13.2 Å². The van der Waals surface area contributed by atoms with Crippen molar-refractivity contribution < 1.29 is 18.0 Å². The summed E-state index contributed by atoms with van der Waals surface area (Å²) >= 11 is 0. The summed E-state index contributed by atoms with van der Waals surface area (Å²) in [6.45, 7) is 2.02. The average Bonchev–Trinajstić information content (AvgIpc) is 2.47. The summed E-state index contributed by atoms with van der Waals surface area (Å²) in [6, 6.07) is 0.727. The van der Waals surface area contributed by atoms with Crippen LogP contribution >= 0.6 is 0 Å². The Balaban J connectivity index is 3.01. The molecule has 1 N–H and O–H groups in total. The fourth-order valence-electron chi connectivity index (χ4n) is 1.09. The smallest absolute Gasteiger partial charge is 0.351 e. The van der Waals surface area contributed by atoms with Gasteiger partial charge in [0.2, 0.25) is 0 Å². The van der Waals surface area contributed by atoms with Gasteiger partial charge in [0, 0.05) is 19.7 Å². The first kappa shape index (κ1) is 11.5. The molecule has 0 spiro atoms. The third-order valence-electron chi connectivity index (χ3n) is 1.74. The molecule has 15 heavy (non-hydrogen) atoms. The zero-order valence-corrected chi connectivity index (χ0v) is 8.22. The van der Waals surface area contributed by atoms with Crippen LogP contribution in [0.2, 0.25) is 0 Å². The van der Waals surface area contributed by atoms with E-state index in [1.54, 1.807) is 6.92 Å². The molecular formula is C8H10F3N3O. The molecule has 1 amide bonds. The van der Waals surface area contributed by atoms with Gasteiger partial charge < -0.3 is 5.32 Å². The molecule has 1 rings (SSSR count). The highest BCUT2D eigenvalue weighted by Gasteiger charge is 2.35. The summed E-state index contributed by atoms with van der Waals surface area (Å²) in [7, 11) is 1.14. The lowest BCUT2D eigenvalue weighted by Gasteiger charge is -2.04. The Bertz CT molecular complexity index is 370. The standard InChI is InChI=1S/C8H10F3N3O/c1-3-12-7(15)5-4-6(8(9,10)11)14(2)13-5/h4H,3H2,1-2H3,(H,12,15). The summed E-state index contributed by atoms with van der Waals surface area (Å²) in [4.78, 5) is 11.2. The van der Waals surface area contributed by atoms with E-state index in [1.807, 2.05) is 0 Å². The third kappa shape index (κ3) is 2.48. The monoisotopic (exact) mass is 221 g/mol. The molecule has 0 aromatic carbocycles. The molecule has 1 aromatic heterocycles. The van der Waals surface area contributed by atoms with Gasteiger partial charge >= 0.3 is 6.18 Å². The molecule has 0 unspecified atom stereocenters. The zero-order chi connectivity index (χ0) is 11.6. The number of hydrogen-bond donors (Lipinski definition) is 1. The van der Waals surface area contributed by atoms with E-state index < -0.39 is 17.8 Å². The first-order valence-electron chi connectivity index (χ1n) is 4.25. The molecule has 0 aliphatic carbocycles. The van der Waals surface area contributed by atoms with Crippen LogP contribution in [0.4, 0.5) is 13.2 Å². The van der Waals surface area contributed by atoms with Gasteiger partial charge in [0.15, 0.2) is 5.69 Å². The Hall–Kier alpha value is -1.53. The summed E-state index contributed by atoms with van der Waals surface area (Å²) < 4.78 is 37.6. The number of aromatic nitrogens is 2. The minimum absolute atomic E-state index is 0.230. The van der Waals surface area contributed by atoms with E-state index in [4.69, 9.17) is 0 Å². The Morgan fingerprint density at radius 2 is 2.20 bits per heavy atom. The Morgan fingerprint density at radius 3 is 2.60 bits per heavy atom. The first-order chi connectivity index (χ1) is 6.86. The van der Waals surface area contributed by atoms with Crippen LogP contribution in [0.25, 0.3) is 0 Å². The van der Waals surface area contributed by atoms with Crippen LogP contribution < -0.4 is 5.32 Å². The number of nitrogens with one attached hydrogen (secondary N) is 1. The lowest BCUT2D eigenvalue weighted by molar-refractivity contribution is -0.143. The highest BCUT2D eigenvalue weighted by Crippen LogP contribution is 2.29. The number of carbonyl (C=O) groups is 1. The quantitative estimate of drug-likeness (QED) is 0.815. The SMILES string of the molecule is CCNC(=O)c1cc(C(F)(F)F)n(C)n1. The molecule has 1 heterocycles. The van der Waals surface area contributed by atoms with Crippen LogP contribution in [0.3, 0.4) is 0 Å². The fraction of sp³-hybridized carbons (Fsp3) is 0.500. The number of aryl methyl sites for hydroxylation is 1.